The van der Waals surface area contributed by atoms with Crippen LogP contribution in [0.1, 0.15) is 26.0 Å². The van der Waals surface area contributed by atoms with E-state index in [2.05, 4.69) is 17.2 Å². The molecular weight excluding hydrogens is 262 g/mol. The van der Waals surface area contributed by atoms with Crippen molar-refractivity contribution in [2.24, 2.45) is 11.8 Å². The molecule has 19 heavy (non-hydrogen) atoms. The zero-order valence-corrected chi connectivity index (χ0v) is 12.6. The smallest absolute Gasteiger partial charge is 0.244 e. The second-order valence-corrected chi connectivity index (χ2v) is 7.44. The molecule has 1 aliphatic carbocycles. The number of aromatic amines is 1. The number of aromatic nitrogens is 1. The highest BCUT2D eigenvalue weighted by Gasteiger charge is 2.36. The van der Waals surface area contributed by atoms with Crippen molar-refractivity contribution in [1.29, 1.82) is 0 Å². The average molecular weight is 285 g/mol. The van der Waals surface area contributed by atoms with Gasteiger partial charge in [0, 0.05) is 32.0 Å². The summed E-state index contributed by atoms with van der Waals surface area (Å²) in [6.45, 7) is 6.33. The SMILES string of the molecule is CCNCc1cc(S(=O)(=O)N(C)CC2CC2C)c[nH]1. The molecular formula is C13H23N3O2S. The van der Waals surface area contributed by atoms with E-state index in [-0.39, 0.29) is 0 Å². The summed E-state index contributed by atoms with van der Waals surface area (Å²) in [6, 6.07) is 1.71. The van der Waals surface area contributed by atoms with E-state index in [4.69, 9.17) is 0 Å². The Hall–Kier alpha value is -0.850. The van der Waals surface area contributed by atoms with E-state index in [1.54, 1.807) is 19.3 Å². The zero-order chi connectivity index (χ0) is 14.0. The first-order valence-electron chi connectivity index (χ1n) is 6.79. The predicted molar refractivity (Wildman–Crippen MR) is 75.3 cm³/mol. The fraction of sp³-hybridized carbons (Fsp3) is 0.692. The van der Waals surface area contributed by atoms with E-state index in [9.17, 15) is 8.42 Å². The molecule has 0 bridgehead atoms. The third kappa shape index (κ3) is 3.38. The van der Waals surface area contributed by atoms with Crippen LogP contribution in [0.25, 0.3) is 0 Å². The van der Waals surface area contributed by atoms with Gasteiger partial charge in [0.05, 0.1) is 4.90 Å². The first-order valence-corrected chi connectivity index (χ1v) is 8.23. The quantitative estimate of drug-likeness (QED) is 0.796. The Labute approximate surface area is 115 Å². The normalized spacial score (nSPS) is 22.9. The summed E-state index contributed by atoms with van der Waals surface area (Å²) in [7, 11) is -1.68. The first kappa shape index (κ1) is 14.6. The van der Waals surface area contributed by atoms with Crippen LogP contribution in [0.2, 0.25) is 0 Å². The molecule has 2 rings (SSSR count). The minimum Gasteiger partial charge on any atom is -0.363 e. The number of rotatable bonds is 7. The number of hydrogen-bond donors (Lipinski definition) is 2. The molecule has 1 heterocycles. The molecule has 1 aromatic rings. The molecule has 0 aliphatic heterocycles. The van der Waals surface area contributed by atoms with Gasteiger partial charge in [-0.15, -0.1) is 0 Å². The Morgan fingerprint density at radius 2 is 2.21 bits per heavy atom. The second kappa shape index (κ2) is 5.64. The zero-order valence-electron chi connectivity index (χ0n) is 11.8. The maximum atomic E-state index is 12.4. The summed E-state index contributed by atoms with van der Waals surface area (Å²) < 4.78 is 26.2. The van der Waals surface area contributed by atoms with Gasteiger partial charge in [-0.25, -0.2) is 12.7 Å². The fourth-order valence-electron chi connectivity index (χ4n) is 2.19. The third-order valence-electron chi connectivity index (χ3n) is 3.76. The summed E-state index contributed by atoms with van der Waals surface area (Å²) in [6.07, 6.45) is 2.72. The summed E-state index contributed by atoms with van der Waals surface area (Å²) in [4.78, 5) is 3.37. The van der Waals surface area contributed by atoms with Gasteiger partial charge in [-0.1, -0.05) is 13.8 Å². The van der Waals surface area contributed by atoms with Gasteiger partial charge in [-0.3, -0.25) is 0 Å². The Balaban J connectivity index is 2.03. The van der Waals surface area contributed by atoms with Gasteiger partial charge >= 0.3 is 0 Å². The number of sulfonamides is 1. The summed E-state index contributed by atoms with van der Waals surface area (Å²) in [5.74, 6) is 1.19. The monoisotopic (exact) mass is 285 g/mol. The molecule has 1 fully saturated rings. The van der Waals surface area contributed by atoms with E-state index >= 15 is 0 Å². The molecule has 0 spiro atoms. The van der Waals surface area contributed by atoms with Crippen LogP contribution in [0.3, 0.4) is 0 Å². The molecule has 1 saturated carbocycles. The number of nitrogens with zero attached hydrogens (tertiary/aromatic N) is 1. The van der Waals surface area contributed by atoms with Gasteiger partial charge in [-0.2, -0.15) is 0 Å². The summed E-state index contributed by atoms with van der Waals surface area (Å²) in [5.41, 5.74) is 0.897. The summed E-state index contributed by atoms with van der Waals surface area (Å²) >= 11 is 0. The lowest BCUT2D eigenvalue weighted by Crippen LogP contribution is -2.29. The molecule has 6 heteroatoms. The van der Waals surface area contributed by atoms with Crippen LogP contribution in [-0.2, 0) is 16.6 Å². The molecule has 2 unspecified atom stereocenters. The van der Waals surface area contributed by atoms with E-state index < -0.39 is 10.0 Å². The van der Waals surface area contributed by atoms with Crippen LogP contribution >= 0.6 is 0 Å². The van der Waals surface area contributed by atoms with Crippen molar-refractivity contribution in [3.63, 3.8) is 0 Å². The van der Waals surface area contributed by atoms with Crippen LogP contribution < -0.4 is 5.32 Å². The number of hydrogen-bond acceptors (Lipinski definition) is 3. The maximum Gasteiger partial charge on any atom is 0.244 e. The van der Waals surface area contributed by atoms with Gasteiger partial charge in [0.25, 0.3) is 0 Å². The highest BCUT2D eigenvalue weighted by Crippen LogP contribution is 2.38. The van der Waals surface area contributed by atoms with Crippen LogP contribution in [0.15, 0.2) is 17.2 Å². The molecule has 0 saturated heterocycles. The van der Waals surface area contributed by atoms with Crippen LogP contribution in [0, 0.1) is 11.8 Å². The van der Waals surface area contributed by atoms with Crippen molar-refractivity contribution < 1.29 is 8.42 Å². The minimum atomic E-state index is -3.35. The molecule has 1 aromatic heterocycles. The van der Waals surface area contributed by atoms with E-state index in [1.807, 2.05) is 6.92 Å². The van der Waals surface area contributed by atoms with Crippen LogP contribution in [0.4, 0.5) is 0 Å². The van der Waals surface area contributed by atoms with Crippen molar-refractivity contribution in [2.45, 2.75) is 31.7 Å². The van der Waals surface area contributed by atoms with E-state index in [0.29, 0.717) is 29.8 Å². The lowest BCUT2D eigenvalue weighted by molar-refractivity contribution is 0.445. The molecule has 2 N–H and O–H groups in total. The Kier molecular flexibility index (Phi) is 4.32. The van der Waals surface area contributed by atoms with Crippen molar-refractivity contribution in [3.05, 3.63) is 18.0 Å². The van der Waals surface area contributed by atoms with Gasteiger partial charge in [0.15, 0.2) is 0 Å². The Morgan fingerprint density at radius 3 is 2.79 bits per heavy atom. The predicted octanol–water partition coefficient (Wildman–Crippen LogP) is 1.40. The topological polar surface area (TPSA) is 65.2 Å². The van der Waals surface area contributed by atoms with Gasteiger partial charge in [0.2, 0.25) is 10.0 Å². The molecule has 0 aromatic carbocycles. The highest BCUT2D eigenvalue weighted by atomic mass is 32.2. The largest absolute Gasteiger partial charge is 0.363 e. The number of H-pyrrole nitrogens is 1. The molecule has 0 amide bonds. The maximum absolute atomic E-state index is 12.4. The molecule has 0 radical (unpaired) electrons. The van der Waals surface area contributed by atoms with E-state index in [1.165, 1.54) is 4.31 Å². The van der Waals surface area contributed by atoms with Crippen molar-refractivity contribution in [1.82, 2.24) is 14.6 Å². The standard InChI is InChI=1S/C13H23N3O2S/c1-4-14-7-12-6-13(8-15-12)19(17,18)16(3)9-11-5-10(11)2/h6,8,10-11,14-15H,4-5,7,9H2,1-3H3. The molecule has 1 aliphatic rings. The highest BCUT2D eigenvalue weighted by molar-refractivity contribution is 7.89. The Bertz CT molecular complexity index is 524. The fourth-order valence-corrected chi connectivity index (χ4v) is 3.44. The van der Waals surface area contributed by atoms with Gasteiger partial charge in [-0.05, 0) is 30.9 Å². The lowest BCUT2D eigenvalue weighted by Gasteiger charge is -2.15. The lowest BCUT2D eigenvalue weighted by atomic mass is 10.3. The molecule has 2 atom stereocenters. The molecule has 5 nitrogen and oxygen atoms in total. The minimum absolute atomic E-state index is 0.358. The molecule has 108 valence electrons. The summed E-state index contributed by atoms with van der Waals surface area (Å²) in [5, 5.41) is 3.17. The van der Waals surface area contributed by atoms with Crippen LogP contribution in [0.5, 0.6) is 0 Å². The first-order chi connectivity index (χ1) is 8.95. The van der Waals surface area contributed by atoms with E-state index in [0.717, 1.165) is 18.7 Å². The van der Waals surface area contributed by atoms with Gasteiger partial charge in [0.1, 0.15) is 0 Å². The van der Waals surface area contributed by atoms with Crippen molar-refractivity contribution >= 4 is 10.0 Å². The van der Waals surface area contributed by atoms with Crippen molar-refractivity contribution in [3.8, 4) is 0 Å². The second-order valence-electron chi connectivity index (χ2n) is 5.40. The number of nitrogens with one attached hydrogen (secondary N) is 2. The average Bonchev–Trinajstić information content (AvgIpc) is 2.88. The van der Waals surface area contributed by atoms with Gasteiger partial charge < -0.3 is 10.3 Å². The van der Waals surface area contributed by atoms with Crippen molar-refractivity contribution in [2.75, 3.05) is 20.1 Å². The third-order valence-corrected chi connectivity index (χ3v) is 5.56. The van der Waals surface area contributed by atoms with Crippen LogP contribution in [-0.4, -0.2) is 37.8 Å². The Morgan fingerprint density at radius 1 is 1.53 bits per heavy atom.